The molecule has 0 unspecified atom stereocenters. The number of benzene rings is 1. The zero-order valence-corrected chi connectivity index (χ0v) is 8.42. The van der Waals surface area contributed by atoms with E-state index < -0.39 is 0 Å². The van der Waals surface area contributed by atoms with Gasteiger partial charge < -0.3 is 4.74 Å². The lowest BCUT2D eigenvalue weighted by Crippen LogP contribution is -1.96. The van der Waals surface area contributed by atoms with Gasteiger partial charge in [0.1, 0.15) is 5.75 Å². The predicted molar refractivity (Wildman–Crippen MR) is 55.9 cm³/mol. The van der Waals surface area contributed by atoms with Gasteiger partial charge in [0.2, 0.25) is 0 Å². The van der Waals surface area contributed by atoms with Gasteiger partial charge in [0.25, 0.3) is 0 Å². The second-order valence-electron chi connectivity index (χ2n) is 3.04. The van der Waals surface area contributed by atoms with Crippen molar-refractivity contribution in [3.63, 3.8) is 0 Å². The SMILES string of the molecule is C[CH]CCOc1ccc(CC)cc1. The fourth-order valence-electron chi connectivity index (χ4n) is 1.12. The second kappa shape index (κ2) is 5.63. The standard InChI is InChI=1S/C12H17O/c1-3-5-10-13-12-8-6-11(4-2)7-9-12/h3,6-9H,4-5,10H2,1-2H3. The van der Waals surface area contributed by atoms with Gasteiger partial charge in [0.05, 0.1) is 6.61 Å². The molecule has 0 bridgehead atoms. The molecule has 1 heteroatoms. The summed E-state index contributed by atoms with van der Waals surface area (Å²) in [4.78, 5) is 0. The summed E-state index contributed by atoms with van der Waals surface area (Å²) in [5.41, 5.74) is 1.36. The summed E-state index contributed by atoms with van der Waals surface area (Å²) in [5, 5.41) is 0. The molecule has 0 spiro atoms. The Morgan fingerprint density at radius 3 is 2.46 bits per heavy atom. The van der Waals surface area contributed by atoms with Crippen LogP contribution in [0.5, 0.6) is 5.75 Å². The lowest BCUT2D eigenvalue weighted by molar-refractivity contribution is 0.320. The molecule has 1 radical (unpaired) electrons. The highest BCUT2D eigenvalue weighted by Crippen LogP contribution is 2.12. The maximum absolute atomic E-state index is 5.51. The van der Waals surface area contributed by atoms with Crippen molar-refractivity contribution in [1.29, 1.82) is 0 Å². The highest BCUT2D eigenvalue weighted by atomic mass is 16.5. The highest BCUT2D eigenvalue weighted by Gasteiger charge is 1.92. The fourth-order valence-corrected chi connectivity index (χ4v) is 1.12. The van der Waals surface area contributed by atoms with E-state index in [0.29, 0.717) is 0 Å². The quantitative estimate of drug-likeness (QED) is 0.627. The summed E-state index contributed by atoms with van der Waals surface area (Å²) in [7, 11) is 0. The average Bonchev–Trinajstić information content (AvgIpc) is 2.19. The lowest BCUT2D eigenvalue weighted by Gasteiger charge is -2.05. The Morgan fingerprint density at radius 2 is 1.92 bits per heavy atom. The Labute approximate surface area is 80.7 Å². The minimum absolute atomic E-state index is 0.780. The second-order valence-corrected chi connectivity index (χ2v) is 3.04. The van der Waals surface area contributed by atoms with Crippen molar-refractivity contribution in [3.8, 4) is 5.75 Å². The molecule has 0 aliphatic heterocycles. The van der Waals surface area contributed by atoms with Gasteiger partial charge in [0, 0.05) is 0 Å². The monoisotopic (exact) mass is 177 g/mol. The topological polar surface area (TPSA) is 9.23 Å². The maximum Gasteiger partial charge on any atom is 0.119 e. The highest BCUT2D eigenvalue weighted by molar-refractivity contribution is 5.27. The van der Waals surface area contributed by atoms with Crippen LogP contribution < -0.4 is 4.74 Å². The Kier molecular flexibility index (Phi) is 4.37. The van der Waals surface area contributed by atoms with Gasteiger partial charge in [-0.15, -0.1) is 0 Å². The lowest BCUT2D eigenvalue weighted by atomic mass is 10.2. The third kappa shape index (κ3) is 3.49. The number of rotatable bonds is 5. The van der Waals surface area contributed by atoms with Gasteiger partial charge in [-0.3, -0.25) is 0 Å². The Morgan fingerprint density at radius 1 is 1.23 bits per heavy atom. The van der Waals surface area contributed by atoms with Crippen molar-refractivity contribution in [2.45, 2.75) is 26.7 Å². The molecule has 1 aromatic carbocycles. The van der Waals surface area contributed by atoms with Crippen molar-refractivity contribution >= 4 is 0 Å². The van der Waals surface area contributed by atoms with Crippen LogP contribution in [0.2, 0.25) is 0 Å². The van der Waals surface area contributed by atoms with Gasteiger partial charge in [-0.05, 0) is 37.0 Å². The molecule has 13 heavy (non-hydrogen) atoms. The molecule has 0 aliphatic carbocycles. The van der Waals surface area contributed by atoms with E-state index in [1.54, 1.807) is 0 Å². The molecule has 71 valence electrons. The molecule has 0 aliphatic rings. The van der Waals surface area contributed by atoms with Crippen LogP contribution in [0.15, 0.2) is 24.3 Å². The molecular formula is C12H17O. The summed E-state index contributed by atoms with van der Waals surface area (Å²) in [6, 6.07) is 8.30. The molecule has 0 amide bonds. The van der Waals surface area contributed by atoms with Crippen molar-refractivity contribution in [2.24, 2.45) is 0 Å². The first-order valence-corrected chi connectivity index (χ1v) is 4.86. The number of ether oxygens (including phenoxy) is 1. The third-order valence-electron chi connectivity index (χ3n) is 2.01. The molecular weight excluding hydrogens is 160 g/mol. The fraction of sp³-hybridized carbons (Fsp3) is 0.417. The minimum atomic E-state index is 0.780. The molecule has 0 N–H and O–H groups in total. The van der Waals surface area contributed by atoms with Gasteiger partial charge in [0.15, 0.2) is 0 Å². The van der Waals surface area contributed by atoms with Crippen LogP contribution in [0.25, 0.3) is 0 Å². The third-order valence-corrected chi connectivity index (χ3v) is 2.01. The maximum atomic E-state index is 5.51. The summed E-state index contributed by atoms with van der Waals surface area (Å²) < 4.78 is 5.51. The van der Waals surface area contributed by atoms with Crippen LogP contribution in [-0.4, -0.2) is 6.61 Å². The van der Waals surface area contributed by atoms with Crippen LogP contribution in [-0.2, 0) is 6.42 Å². The van der Waals surface area contributed by atoms with Crippen LogP contribution in [0.1, 0.15) is 25.8 Å². The molecule has 0 aromatic heterocycles. The largest absolute Gasteiger partial charge is 0.494 e. The summed E-state index contributed by atoms with van der Waals surface area (Å²) in [6.07, 6.45) is 4.21. The van der Waals surface area contributed by atoms with Gasteiger partial charge in [-0.1, -0.05) is 26.0 Å². The van der Waals surface area contributed by atoms with Crippen molar-refractivity contribution < 1.29 is 4.74 Å². The van der Waals surface area contributed by atoms with Gasteiger partial charge >= 0.3 is 0 Å². The van der Waals surface area contributed by atoms with Crippen LogP contribution >= 0.6 is 0 Å². The van der Waals surface area contributed by atoms with E-state index >= 15 is 0 Å². The number of aryl methyl sites for hydroxylation is 1. The normalized spacial score (nSPS) is 10.0. The van der Waals surface area contributed by atoms with E-state index in [-0.39, 0.29) is 0 Å². The van der Waals surface area contributed by atoms with E-state index in [1.165, 1.54) is 5.56 Å². The van der Waals surface area contributed by atoms with Crippen molar-refractivity contribution in [2.75, 3.05) is 6.61 Å². The molecule has 1 aromatic rings. The first-order chi connectivity index (χ1) is 6.36. The van der Waals surface area contributed by atoms with E-state index in [4.69, 9.17) is 4.74 Å². The number of hydrogen-bond acceptors (Lipinski definition) is 1. The smallest absolute Gasteiger partial charge is 0.119 e. The summed E-state index contributed by atoms with van der Waals surface area (Å²) in [5.74, 6) is 0.971. The molecule has 1 nitrogen and oxygen atoms in total. The van der Waals surface area contributed by atoms with Crippen LogP contribution in [0.3, 0.4) is 0 Å². The zero-order valence-electron chi connectivity index (χ0n) is 8.42. The molecule has 0 fully saturated rings. The first kappa shape index (κ1) is 10.1. The summed E-state index contributed by atoms with van der Waals surface area (Å²) >= 11 is 0. The number of unbranched alkanes of at least 4 members (excludes halogenated alkanes) is 1. The molecule has 1 rings (SSSR count). The van der Waals surface area contributed by atoms with E-state index in [0.717, 1.165) is 25.2 Å². The van der Waals surface area contributed by atoms with E-state index in [9.17, 15) is 0 Å². The molecule has 0 atom stereocenters. The van der Waals surface area contributed by atoms with Gasteiger partial charge in [-0.2, -0.15) is 0 Å². The molecule has 0 saturated carbocycles. The summed E-state index contributed by atoms with van der Waals surface area (Å²) in [6.45, 7) is 4.98. The van der Waals surface area contributed by atoms with Crippen molar-refractivity contribution in [1.82, 2.24) is 0 Å². The Balaban J connectivity index is 2.40. The van der Waals surface area contributed by atoms with Crippen LogP contribution in [0, 0.1) is 6.42 Å². The number of hydrogen-bond donors (Lipinski definition) is 0. The first-order valence-electron chi connectivity index (χ1n) is 4.86. The van der Waals surface area contributed by atoms with Crippen molar-refractivity contribution in [3.05, 3.63) is 36.2 Å². The average molecular weight is 177 g/mol. The predicted octanol–water partition coefficient (Wildman–Crippen LogP) is 3.24. The minimum Gasteiger partial charge on any atom is -0.494 e. The van der Waals surface area contributed by atoms with E-state index in [2.05, 4.69) is 25.5 Å². The molecule has 0 heterocycles. The molecule has 0 saturated heterocycles. The zero-order chi connectivity index (χ0) is 9.52. The Hall–Kier alpha value is -0.980. The van der Waals surface area contributed by atoms with E-state index in [1.807, 2.05) is 19.1 Å². The Bertz CT molecular complexity index is 225. The van der Waals surface area contributed by atoms with Crippen LogP contribution in [0.4, 0.5) is 0 Å². The van der Waals surface area contributed by atoms with Gasteiger partial charge in [-0.25, -0.2) is 0 Å².